The minimum absolute atomic E-state index is 0.0178. The Hall–Kier alpha value is -1.47. The van der Waals surface area contributed by atoms with E-state index in [0.29, 0.717) is 13.0 Å². The molecular weight excluding hydrogens is 279 g/mol. The monoisotopic (exact) mass is 297 g/mol. The number of aliphatic carboxylic acids is 1. The van der Waals surface area contributed by atoms with Gasteiger partial charge in [-0.1, -0.05) is 6.92 Å². The van der Waals surface area contributed by atoms with Crippen molar-refractivity contribution >= 4 is 12.1 Å². The second kappa shape index (κ2) is 6.81. The lowest BCUT2D eigenvalue weighted by atomic mass is 9.85. The standard InChI is InChI=1S/C12H18F3NO4/c1-8(5-10(17)18)9-3-2-4-16(6-9)11(19)20-7-12(13,14)15/h8-9H,2-7H2,1H3,(H,17,18). The van der Waals surface area contributed by atoms with E-state index in [0.717, 1.165) is 6.42 Å². The van der Waals surface area contributed by atoms with Crippen LogP contribution in [-0.4, -0.2) is 47.9 Å². The Labute approximate surface area is 114 Å². The van der Waals surface area contributed by atoms with E-state index in [1.165, 1.54) is 4.90 Å². The van der Waals surface area contributed by atoms with Gasteiger partial charge in [-0.05, 0) is 24.7 Å². The summed E-state index contributed by atoms with van der Waals surface area (Å²) in [4.78, 5) is 23.4. The molecule has 2 atom stereocenters. The molecule has 5 nitrogen and oxygen atoms in total. The van der Waals surface area contributed by atoms with Crippen LogP contribution in [0.2, 0.25) is 0 Å². The van der Waals surface area contributed by atoms with Crippen LogP contribution in [0, 0.1) is 11.8 Å². The van der Waals surface area contributed by atoms with Crippen LogP contribution in [0.1, 0.15) is 26.2 Å². The van der Waals surface area contributed by atoms with Crippen LogP contribution < -0.4 is 0 Å². The first-order chi connectivity index (χ1) is 9.19. The van der Waals surface area contributed by atoms with E-state index in [-0.39, 0.29) is 24.8 Å². The fraction of sp³-hybridized carbons (Fsp3) is 0.833. The molecule has 20 heavy (non-hydrogen) atoms. The number of carboxylic acid groups (broad SMARTS) is 1. The number of carbonyl (C=O) groups excluding carboxylic acids is 1. The Bertz CT molecular complexity index is 359. The average molecular weight is 297 g/mol. The predicted molar refractivity (Wildman–Crippen MR) is 63.1 cm³/mol. The molecule has 1 N–H and O–H groups in total. The third-order valence-corrected chi connectivity index (χ3v) is 3.38. The van der Waals surface area contributed by atoms with E-state index in [1.54, 1.807) is 6.92 Å². The van der Waals surface area contributed by atoms with Gasteiger partial charge in [-0.2, -0.15) is 13.2 Å². The first kappa shape index (κ1) is 16.6. The molecule has 8 heteroatoms. The van der Waals surface area contributed by atoms with Gasteiger partial charge in [0.2, 0.25) is 0 Å². The van der Waals surface area contributed by atoms with Crippen LogP contribution in [-0.2, 0) is 9.53 Å². The molecule has 1 rings (SSSR count). The fourth-order valence-electron chi connectivity index (χ4n) is 2.32. The second-order valence-corrected chi connectivity index (χ2v) is 5.09. The van der Waals surface area contributed by atoms with E-state index in [1.807, 2.05) is 0 Å². The molecular formula is C12H18F3NO4. The van der Waals surface area contributed by atoms with Crippen molar-refractivity contribution in [3.8, 4) is 0 Å². The number of likely N-dealkylation sites (tertiary alicyclic amines) is 1. The molecule has 0 aliphatic carbocycles. The van der Waals surface area contributed by atoms with E-state index in [2.05, 4.69) is 4.74 Å². The SMILES string of the molecule is CC(CC(=O)O)C1CCCN(C(=O)OCC(F)(F)F)C1. The summed E-state index contributed by atoms with van der Waals surface area (Å²) in [5.74, 6) is -1.08. The summed E-state index contributed by atoms with van der Waals surface area (Å²) in [6, 6.07) is 0. The van der Waals surface area contributed by atoms with Gasteiger partial charge in [-0.15, -0.1) is 0 Å². The number of hydrogen-bond donors (Lipinski definition) is 1. The van der Waals surface area contributed by atoms with Gasteiger partial charge in [0.25, 0.3) is 0 Å². The van der Waals surface area contributed by atoms with Crippen molar-refractivity contribution in [3.63, 3.8) is 0 Å². The van der Waals surface area contributed by atoms with Crippen LogP contribution in [0.4, 0.5) is 18.0 Å². The Morgan fingerprint density at radius 1 is 1.45 bits per heavy atom. The quantitative estimate of drug-likeness (QED) is 0.865. The highest BCUT2D eigenvalue weighted by Crippen LogP contribution is 2.26. The molecule has 1 fully saturated rings. The average Bonchev–Trinajstić information content (AvgIpc) is 2.34. The van der Waals surface area contributed by atoms with Crippen LogP contribution in [0.15, 0.2) is 0 Å². The first-order valence-electron chi connectivity index (χ1n) is 6.39. The minimum atomic E-state index is -4.54. The zero-order valence-electron chi connectivity index (χ0n) is 11.2. The van der Waals surface area contributed by atoms with E-state index >= 15 is 0 Å². The van der Waals surface area contributed by atoms with Gasteiger partial charge in [0.05, 0.1) is 0 Å². The lowest BCUT2D eigenvalue weighted by Crippen LogP contribution is -2.43. The molecule has 1 heterocycles. The molecule has 2 unspecified atom stereocenters. The molecule has 0 radical (unpaired) electrons. The number of alkyl halides is 3. The number of piperidine rings is 1. The van der Waals surface area contributed by atoms with E-state index < -0.39 is 24.8 Å². The van der Waals surface area contributed by atoms with Crippen LogP contribution in [0.3, 0.4) is 0 Å². The summed E-state index contributed by atoms with van der Waals surface area (Å²) in [6.07, 6.45) is -4.15. The number of halogens is 3. The predicted octanol–water partition coefficient (Wildman–Crippen LogP) is 2.51. The van der Waals surface area contributed by atoms with Gasteiger partial charge in [0.15, 0.2) is 6.61 Å². The zero-order chi connectivity index (χ0) is 15.3. The summed E-state index contributed by atoms with van der Waals surface area (Å²) >= 11 is 0. The highest BCUT2D eigenvalue weighted by Gasteiger charge is 2.33. The van der Waals surface area contributed by atoms with Gasteiger partial charge in [0.1, 0.15) is 0 Å². The van der Waals surface area contributed by atoms with Gasteiger partial charge < -0.3 is 14.7 Å². The number of ether oxygens (including phenoxy) is 1. The molecule has 0 aromatic carbocycles. The molecule has 116 valence electrons. The summed E-state index contributed by atoms with van der Waals surface area (Å²) in [5.41, 5.74) is 0. The Balaban J connectivity index is 2.47. The molecule has 0 aromatic heterocycles. The molecule has 1 aliphatic rings. The molecule has 0 aromatic rings. The minimum Gasteiger partial charge on any atom is -0.481 e. The molecule has 0 bridgehead atoms. The zero-order valence-corrected chi connectivity index (χ0v) is 11.2. The van der Waals surface area contributed by atoms with Crippen molar-refractivity contribution in [2.45, 2.75) is 32.4 Å². The molecule has 1 amide bonds. The third-order valence-electron chi connectivity index (χ3n) is 3.38. The van der Waals surface area contributed by atoms with Crippen molar-refractivity contribution in [1.82, 2.24) is 4.90 Å². The lowest BCUT2D eigenvalue weighted by molar-refractivity contribution is -0.163. The Morgan fingerprint density at radius 2 is 2.10 bits per heavy atom. The van der Waals surface area contributed by atoms with Gasteiger partial charge in [-0.3, -0.25) is 4.79 Å². The second-order valence-electron chi connectivity index (χ2n) is 5.09. The smallest absolute Gasteiger partial charge is 0.422 e. The van der Waals surface area contributed by atoms with Crippen molar-refractivity contribution in [3.05, 3.63) is 0 Å². The van der Waals surface area contributed by atoms with E-state index in [4.69, 9.17) is 5.11 Å². The van der Waals surface area contributed by atoms with Gasteiger partial charge in [0, 0.05) is 19.5 Å². The van der Waals surface area contributed by atoms with Gasteiger partial charge >= 0.3 is 18.2 Å². The normalized spacial score (nSPS) is 21.4. The third kappa shape index (κ3) is 5.66. The van der Waals surface area contributed by atoms with E-state index in [9.17, 15) is 22.8 Å². The van der Waals surface area contributed by atoms with Gasteiger partial charge in [-0.25, -0.2) is 4.79 Å². The molecule has 0 spiro atoms. The number of hydrogen-bond acceptors (Lipinski definition) is 3. The number of carbonyl (C=O) groups is 2. The van der Waals surface area contributed by atoms with Crippen molar-refractivity contribution < 1.29 is 32.6 Å². The molecule has 1 aliphatic heterocycles. The lowest BCUT2D eigenvalue weighted by Gasteiger charge is -2.34. The highest BCUT2D eigenvalue weighted by molar-refractivity contribution is 5.68. The molecule has 1 saturated heterocycles. The number of carboxylic acids is 1. The number of nitrogens with zero attached hydrogens (tertiary/aromatic N) is 1. The van der Waals surface area contributed by atoms with Crippen LogP contribution in [0.5, 0.6) is 0 Å². The highest BCUT2D eigenvalue weighted by atomic mass is 19.4. The Kier molecular flexibility index (Phi) is 5.64. The maximum Gasteiger partial charge on any atom is 0.422 e. The van der Waals surface area contributed by atoms with Crippen molar-refractivity contribution in [2.75, 3.05) is 19.7 Å². The van der Waals surface area contributed by atoms with Crippen molar-refractivity contribution in [2.24, 2.45) is 11.8 Å². The van der Waals surface area contributed by atoms with Crippen molar-refractivity contribution in [1.29, 1.82) is 0 Å². The fourth-order valence-corrected chi connectivity index (χ4v) is 2.32. The summed E-state index contributed by atoms with van der Waals surface area (Å²) < 4.78 is 40.1. The maximum absolute atomic E-state index is 12.0. The summed E-state index contributed by atoms with van der Waals surface area (Å²) in [5, 5.41) is 8.73. The number of amides is 1. The topological polar surface area (TPSA) is 66.8 Å². The summed E-state index contributed by atoms with van der Waals surface area (Å²) in [7, 11) is 0. The first-order valence-corrected chi connectivity index (χ1v) is 6.39. The Morgan fingerprint density at radius 3 is 2.65 bits per heavy atom. The van der Waals surface area contributed by atoms with Crippen LogP contribution >= 0.6 is 0 Å². The summed E-state index contributed by atoms with van der Waals surface area (Å²) in [6.45, 7) is 0.749. The molecule has 0 saturated carbocycles. The van der Waals surface area contributed by atoms with Crippen LogP contribution in [0.25, 0.3) is 0 Å². The largest absolute Gasteiger partial charge is 0.481 e. The maximum atomic E-state index is 12.0. The number of rotatable bonds is 4.